The number of aliphatic hydroxyl groups excluding tert-OH is 1. The zero-order valence-corrected chi connectivity index (χ0v) is 10.6. The number of rotatable bonds is 2. The Labute approximate surface area is 115 Å². The molecule has 1 N–H and O–H groups in total. The van der Waals surface area contributed by atoms with Gasteiger partial charge in [0.1, 0.15) is 17.0 Å². The van der Waals surface area contributed by atoms with Crippen LogP contribution in [0.4, 0.5) is 13.2 Å². The number of aromatic nitrogens is 1. The highest BCUT2D eigenvalue weighted by molar-refractivity contribution is 6.30. The molecule has 0 fully saturated rings. The van der Waals surface area contributed by atoms with Gasteiger partial charge in [0, 0.05) is 11.1 Å². The minimum Gasteiger partial charge on any atom is -0.453 e. The van der Waals surface area contributed by atoms with E-state index in [1.807, 2.05) is 0 Å². The van der Waals surface area contributed by atoms with Crippen LogP contribution in [0.15, 0.2) is 28.9 Å². The van der Waals surface area contributed by atoms with Gasteiger partial charge in [-0.25, -0.2) is 4.98 Å². The monoisotopic (exact) mass is 311 g/mol. The van der Waals surface area contributed by atoms with E-state index >= 15 is 0 Å². The summed E-state index contributed by atoms with van der Waals surface area (Å²) in [5.41, 5.74) is -0.921. The van der Waals surface area contributed by atoms with Crippen LogP contribution >= 0.6 is 23.2 Å². The molecule has 0 aromatic carbocycles. The van der Waals surface area contributed by atoms with Crippen LogP contribution in [0.5, 0.6) is 0 Å². The van der Waals surface area contributed by atoms with E-state index < -0.39 is 23.1 Å². The van der Waals surface area contributed by atoms with Crippen LogP contribution in [0, 0.1) is 0 Å². The van der Waals surface area contributed by atoms with Gasteiger partial charge >= 0.3 is 6.18 Å². The van der Waals surface area contributed by atoms with Gasteiger partial charge in [0.15, 0.2) is 5.22 Å². The van der Waals surface area contributed by atoms with Crippen molar-refractivity contribution in [2.24, 2.45) is 0 Å². The number of nitrogens with zero attached hydrogens (tertiary/aromatic N) is 1. The van der Waals surface area contributed by atoms with Crippen LogP contribution in [0.3, 0.4) is 0 Å². The van der Waals surface area contributed by atoms with Gasteiger partial charge in [0.2, 0.25) is 0 Å². The van der Waals surface area contributed by atoms with Crippen molar-refractivity contribution in [1.82, 2.24) is 4.98 Å². The Morgan fingerprint density at radius 1 is 1.16 bits per heavy atom. The van der Waals surface area contributed by atoms with E-state index in [0.717, 1.165) is 12.1 Å². The van der Waals surface area contributed by atoms with Crippen molar-refractivity contribution < 1.29 is 22.7 Å². The Balaban J connectivity index is 2.39. The molecule has 0 radical (unpaired) electrons. The van der Waals surface area contributed by atoms with Gasteiger partial charge in [0.25, 0.3) is 0 Å². The molecule has 0 saturated heterocycles. The first-order chi connectivity index (χ1) is 8.80. The van der Waals surface area contributed by atoms with Gasteiger partial charge in [-0.05, 0) is 23.7 Å². The van der Waals surface area contributed by atoms with Gasteiger partial charge in [-0.3, -0.25) is 0 Å². The van der Waals surface area contributed by atoms with Crippen molar-refractivity contribution in [3.05, 3.63) is 51.7 Å². The summed E-state index contributed by atoms with van der Waals surface area (Å²) < 4.78 is 42.0. The molecule has 102 valence electrons. The molecule has 2 rings (SSSR count). The van der Waals surface area contributed by atoms with Crippen LogP contribution in [-0.2, 0) is 6.18 Å². The molecular formula is C11H6Cl2F3NO2. The molecule has 0 aliphatic carbocycles. The van der Waals surface area contributed by atoms with E-state index in [1.165, 1.54) is 12.3 Å². The molecule has 0 aliphatic rings. The zero-order chi connectivity index (χ0) is 14.2. The summed E-state index contributed by atoms with van der Waals surface area (Å²) in [5.74, 6) is 0. The number of alkyl halides is 3. The largest absolute Gasteiger partial charge is 0.453 e. The molecule has 0 saturated carbocycles. The van der Waals surface area contributed by atoms with E-state index in [9.17, 15) is 18.3 Å². The fraction of sp³-hybridized carbons (Fsp3) is 0.182. The molecule has 2 aromatic heterocycles. The number of pyridine rings is 1. The number of halogens is 5. The SMILES string of the molecule is OC(c1ccc(C(F)(F)F)nc1Cl)c1ccoc1Cl. The summed E-state index contributed by atoms with van der Waals surface area (Å²) in [6.45, 7) is 0. The fourth-order valence-electron chi connectivity index (χ4n) is 1.47. The first-order valence-corrected chi connectivity index (χ1v) is 5.71. The quantitative estimate of drug-likeness (QED) is 0.850. The lowest BCUT2D eigenvalue weighted by molar-refractivity contribution is -0.141. The van der Waals surface area contributed by atoms with Gasteiger partial charge in [0.05, 0.1) is 6.26 Å². The number of furan rings is 1. The minimum absolute atomic E-state index is 0.0120. The van der Waals surface area contributed by atoms with Gasteiger partial charge in [-0.1, -0.05) is 17.7 Å². The zero-order valence-electron chi connectivity index (χ0n) is 9.08. The molecule has 0 bridgehead atoms. The minimum atomic E-state index is -4.60. The molecule has 0 spiro atoms. The van der Waals surface area contributed by atoms with Crippen molar-refractivity contribution in [2.45, 2.75) is 12.3 Å². The number of hydrogen-bond donors (Lipinski definition) is 1. The van der Waals surface area contributed by atoms with Crippen molar-refractivity contribution in [1.29, 1.82) is 0 Å². The van der Waals surface area contributed by atoms with Crippen molar-refractivity contribution in [3.63, 3.8) is 0 Å². The molecular weight excluding hydrogens is 306 g/mol. The topological polar surface area (TPSA) is 46.3 Å². The van der Waals surface area contributed by atoms with Gasteiger partial charge < -0.3 is 9.52 Å². The molecule has 19 heavy (non-hydrogen) atoms. The fourth-order valence-corrected chi connectivity index (χ4v) is 1.95. The average molecular weight is 312 g/mol. The van der Waals surface area contributed by atoms with Crippen LogP contribution in [0.2, 0.25) is 10.4 Å². The van der Waals surface area contributed by atoms with E-state index in [-0.39, 0.29) is 16.3 Å². The third-order valence-corrected chi connectivity index (χ3v) is 3.01. The first-order valence-electron chi connectivity index (χ1n) is 4.95. The predicted molar refractivity (Wildman–Crippen MR) is 62.0 cm³/mol. The summed E-state index contributed by atoms with van der Waals surface area (Å²) >= 11 is 11.3. The summed E-state index contributed by atoms with van der Waals surface area (Å²) in [7, 11) is 0. The second-order valence-corrected chi connectivity index (χ2v) is 4.33. The van der Waals surface area contributed by atoms with Gasteiger partial charge in [-0.15, -0.1) is 0 Å². The van der Waals surface area contributed by atoms with Crippen LogP contribution in [0.1, 0.15) is 22.9 Å². The maximum absolute atomic E-state index is 12.4. The highest BCUT2D eigenvalue weighted by atomic mass is 35.5. The molecule has 1 unspecified atom stereocenters. The van der Waals surface area contributed by atoms with Gasteiger partial charge in [-0.2, -0.15) is 13.2 Å². The maximum atomic E-state index is 12.4. The molecule has 0 aliphatic heterocycles. The summed E-state index contributed by atoms with van der Waals surface area (Å²) in [6, 6.07) is 3.17. The Bertz CT molecular complexity index is 598. The second kappa shape index (κ2) is 5.03. The van der Waals surface area contributed by atoms with Crippen molar-refractivity contribution >= 4 is 23.2 Å². The first kappa shape index (κ1) is 14.2. The van der Waals surface area contributed by atoms with E-state index in [4.69, 9.17) is 27.6 Å². The lowest BCUT2D eigenvalue weighted by Gasteiger charge is -2.13. The van der Waals surface area contributed by atoms with E-state index in [2.05, 4.69) is 4.98 Å². The smallest absolute Gasteiger partial charge is 0.433 e. The third kappa shape index (κ3) is 2.86. The number of aliphatic hydroxyl groups is 1. The molecule has 0 amide bonds. The summed E-state index contributed by atoms with van der Waals surface area (Å²) in [5, 5.41) is 9.47. The molecule has 2 aromatic rings. The molecule has 2 heterocycles. The second-order valence-electron chi connectivity index (χ2n) is 3.63. The Hall–Kier alpha value is -1.24. The normalized spacial score (nSPS) is 13.6. The van der Waals surface area contributed by atoms with E-state index in [1.54, 1.807) is 0 Å². The Morgan fingerprint density at radius 3 is 2.32 bits per heavy atom. The van der Waals surface area contributed by atoms with E-state index in [0.29, 0.717) is 0 Å². The molecule has 8 heteroatoms. The third-order valence-electron chi connectivity index (χ3n) is 2.40. The highest BCUT2D eigenvalue weighted by Gasteiger charge is 2.33. The summed E-state index contributed by atoms with van der Waals surface area (Å²) in [4.78, 5) is 3.21. The predicted octanol–water partition coefficient (Wildman–Crippen LogP) is 4.08. The van der Waals surface area contributed by atoms with Crippen LogP contribution in [0.25, 0.3) is 0 Å². The van der Waals surface area contributed by atoms with Crippen LogP contribution < -0.4 is 0 Å². The standard InChI is InChI=1S/C11H6Cl2F3NO2/c12-9-5(1-2-7(17-9)11(14,15)16)8(18)6-3-4-19-10(6)13/h1-4,8,18H. The molecule has 3 nitrogen and oxygen atoms in total. The Kier molecular flexibility index (Phi) is 3.75. The highest BCUT2D eigenvalue weighted by Crippen LogP contribution is 2.35. The lowest BCUT2D eigenvalue weighted by Crippen LogP contribution is -2.10. The Morgan fingerprint density at radius 2 is 1.84 bits per heavy atom. The lowest BCUT2D eigenvalue weighted by atomic mass is 10.1. The van der Waals surface area contributed by atoms with Crippen molar-refractivity contribution in [2.75, 3.05) is 0 Å². The average Bonchev–Trinajstić information content (AvgIpc) is 2.73. The summed E-state index contributed by atoms with van der Waals surface area (Å²) in [6.07, 6.45) is -4.67. The van der Waals surface area contributed by atoms with Crippen molar-refractivity contribution in [3.8, 4) is 0 Å². The number of hydrogen-bond acceptors (Lipinski definition) is 3. The van der Waals surface area contributed by atoms with Crippen LogP contribution in [-0.4, -0.2) is 10.1 Å². The maximum Gasteiger partial charge on any atom is 0.433 e. The molecule has 1 atom stereocenters.